The van der Waals surface area contributed by atoms with E-state index in [-0.39, 0.29) is 30.9 Å². The summed E-state index contributed by atoms with van der Waals surface area (Å²) in [5.41, 5.74) is 9.38. The molecule has 0 aliphatic heterocycles. The zero-order chi connectivity index (χ0) is 57.0. The topological polar surface area (TPSA) is 240 Å². The number of ether oxygens (including phenoxy) is 3. The van der Waals surface area contributed by atoms with Crippen LogP contribution in [0.5, 0.6) is 11.5 Å². The molecule has 0 radical (unpaired) electrons. The van der Waals surface area contributed by atoms with E-state index in [9.17, 15) is 24.0 Å². The van der Waals surface area contributed by atoms with Gasteiger partial charge >= 0.3 is 18.2 Å². The Labute approximate surface area is 459 Å². The van der Waals surface area contributed by atoms with Gasteiger partial charge in [-0.15, -0.1) is 0 Å². The van der Waals surface area contributed by atoms with Crippen LogP contribution in [0.2, 0.25) is 0 Å². The lowest BCUT2D eigenvalue weighted by Crippen LogP contribution is -2.40. The van der Waals surface area contributed by atoms with Gasteiger partial charge in [-0.1, -0.05) is 48.5 Å². The van der Waals surface area contributed by atoms with Crippen LogP contribution in [0.1, 0.15) is 41.5 Å². The summed E-state index contributed by atoms with van der Waals surface area (Å²) in [7, 11) is 13.4. The Bertz CT molecular complexity index is 3490. The number of methoxy groups -OCH3 is 2. The highest BCUT2D eigenvalue weighted by molar-refractivity contribution is 6.06. The van der Waals surface area contributed by atoms with Crippen molar-refractivity contribution in [2.75, 3.05) is 93.3 Å². The largest absolute Gasteiger partial charge is 0.496 e. The number of aromatic amines is 2. The fourth-order valence-corrected chi connectivity index (χ4v) is 8.41. The molecule has 20 heteroatoms. The van der Waals surface area contributed by atoms with Crippen molar-refractivity contribution < 1.29 is 38.2 Å². The number of anilines is 2. The number of hydrogen-bond acceptors (Lipinski definition) is 11. The second-order valence-electron chi connectivity index (χ2n) is 19.7. The molecule has 0 aliphatic carbocycles. The van der Waals surface area contributed by atoms with Gasteiger partial charge in [0.15, 0.2) is 0 Å². The summed E-state index contributed by atoms with van der Waals surface area (Å²) in [4.78, 5) is 83.3. The third-order valence-corrected chi connectivity index (χ3v) is 12.4. The van der Waals surface area contributed by atoms with E-state index < -0.39 is 17.7 Å². The first-order valence-electron chi connectivity index (χ1n) is 25.4. The molecule has 0 saturated carbocycles. The zero-order valence-corrected chi connectivity index (χ0v) is 46.4. The Kier molecular flexibility index (Phi) is 18.6. The molecule has 4 heterocycles. The summed E-state index contributed by atoms with van der Waals surface area (Å²) in [5.74, 6) is 1.03. The summed E-state index contributed by atoms with van der Waals surface area (Å²) in [6, 6.07) is 29.4. The van der Waals surface area contributed by atoms with E-state index in [4.69, 9.17) is 14.2 Å². The van der Waals surface area contributed by atoms with Crippen LogP contribution in [0.25, 0.3) is 66.6 Å². The van der Waals surface area contributed by atoms with Crippen LogP contribution < -0.4 is 36.1 Å². The summed E-state index contributed by atoms with van der Waals surface area (Å²) in [6.07, 6.45) is 6.84. The first-order valence-corrected chi connectivity index (χ1v) is 25.4. The van der Waals surface area contributed by atoms with Gasteiger partial charge in [0.1, 0.15) is 28.4 Å². The normalized spacial score (nSPS) is 11.0. The smallest absolute Gasteiger partial charge is 0.410 e. The molecule has 0 bridgehead atoms. The molecule has 4 aromatic heterocycles. The van der Waals surface area contributed by atoms with Crippen LogP contribution in [0, 0.1) is 0 Å². The monoisotopic (exact) mass is 1070 g/mol. The van der Waals surface area contributed by atoms with E-state index in [0.29, 0.717) is 35.6 Å². The number of H-pyrrole nitrogens is 2. The van der Waals surface area contributed by atoms with Gasteiger partial charge in [0.25, 0.3) is 11.8 Å². The van der Waals surface area contributed by atoms with Crippen LogP contribution in [0.4, 0.5) is 25.8 Å². The van der Waals surface area contributed by atoms with Crippen LogP contribution >= 0.6 is 0 Å². The van der Waals surface area contributed by atoms with Crippen molar-refractivity contribution in [2.45, 2.75) is 26.4 Å². The Balaban J connectivity index is 0.000000232. The summed E-state index contributed by atoms with van der Waals surface area (Å²) < 4.78 is 16.4. The first-order chi connectivity index (χ1) is 37.8. The molecular formula is C59H68N12O8. The van der Waals surface area contributed by atoms with Gasteiger partial charge in [0.2, 0.25) is 0 Å². The van der Waals surface area contributed by atoms with Gasteiger partial charge in [-0.25, -0.2) is 24.4 Å². The van der Waals surface area contributed by atoms with E-state index >= 15 is 0 Å². The lowest BCUT2D eigenvalue weighted by Gasteiger charge is -2.24. The predicted molar refractivity (Wildman–Crippen MR) is 310 cm³/mol. The van der Waals surface area contributed by atoms with Gasteiger partial charge in [0.05, 0.1) is 36.7 Å². The van der Waals surface area contributed by atoms with Crippen molar-refractivity contribution in [1.29, 1.82) is 0 Å². The van der Waals surface area contributed by atoms with Crippen LogP contribution in [-0.4, -0.2) is 153 Å². The third kappa shape index (κ3) is 14.1. The van der Waals surface area contributed by atoms with Gasteiger partial charge in [-0.2, -0.15) is 0 Å². The molecule has 7 N–H and O–H groups in total. The number of fused-ring (bicyclic) bond motifs is 2. The minimum Gasteiger partial charge on any atom is -0.496 e. The molecule has 8 aromatic rings. The molecule has 0 spiro atoms. The lowest BCUT2D eigenvalue weighted by atomic mass is 9.99. The van der Waals surface area contributed by atoms with Crippen molar-refractivity contribution >= 4 is 63.4 Å². The number of urea groups is 2. The van der Waals surface area contributed by atoms with Crippen molar-refractivity contribution in [2.24, 2.45) is 0 Å². The van der Waals surface area contributed by atoms with Crippen molar-refractivity contribution in [3.05, 3.63) is 133 Å². The number of pyridine rings is 2. The summed E-state index contributed by atoms with van der Waals surface area (Å²) in [5, 5.41) is 15.9. The number of amides is 7. The number of nitrogens with zero attached hydrogens (tertiary/aromatic N) is 5. The minimum absolute atomic E-state index is 0.188. The second-order valence-corrected chi connectivity index (χ2v) is 19.7. The molecule has 412 valence electrons. The number of rotatable bonds is 16. The number of carbonyl (C=O) groups excluding carboxylic acids is 5. The highest BCUT2D eigenvalue weighted by atomic mass is 16.6. The SMILES string of the molecule is CNCCNC(=O)Nc1ccc(-c2cnc3[nH]cc(-c4ccccc4OC)c3c2)cc1C(=O)N(C)C.COc1ccccc1-c1c[nH]c2ncc(-c3ccc(NC(=O)NCCN(C)C(=O)OC(C)(C)C)c(C(=O)N(C)C)c3)cc12. The summed E-state index contributed by atoms with van der Waals surface area (Å²) in [6.45, 7) is 6.91. The molecule has 0 saturated heterocycles. The summed E-state index contributed by atoms with van der Waals surface area (Å²) >= 11 is 0. The van der Waals surface area contributed by atoms with E-state index in [1.165, 1.54) is 14.7 Å². The average molecular weight is 1070 g/mol. The highest BCUT2D eigenvalue weighted by Crippen LogP contribution is 2.38. The number of aromatic nitrogens is 4. The maximum atomic E-state index is 13.2. The van der Waals surface area contributed by atoms with E-state index in [0.717, 1.165) is 78.1 Å². The fraction of sp³-hybridized carbons (Fsp3) is 0.271. The highest BCUT2D eigenvalue weighted by Gasteiger charge is 2.22. The molecule has 0 unspecified atom stereocenters. The quantitative estimate of drug-likeness (QED) is 0.0450. The molecule has 0 aliphatic rings. The maximum Gasteiger partial charge on any atom is 0.410 e. The number of carbonyl (C=O) groups is 5. The minimum atomic E-state index is -0.612. The van der Waals surface area contributed by atoms with E-state index in [1.54, 1.807) is 107 Å². The average Bonchev–Trinajstić information content (AvgIpc) is 4.14. The van der Waals surface area contributed by atoms with Crippen LogP contribution in [0.3, 0.4) is 0 Å². The van der Waals surface area contributed by atoms with Gasteiger partial charge in [-0.3, -0.25) is 9.59 Å². The first kappa shape index (κ1) is 57.3. The van der Waals surface area contributed by atoms with Crippen LogP contribution in [-0.2, 0) is 4.74 Å². The standard InChI is InChI=1S/C32H38N6O5.C27H30N6O3/c1-32(2,3)43-31(41)38(6)15-14-33-30(40)36-26-13-12-20(16-24(26)29(39)37(4)5)21-17-23-25(19-35-28(23)34-18-21)22-10-8-9-11-27(22)42-7;1-28-11-12-29-27(35)32-23-10-9-17(13-21(23)26(34)33(2)3)18-14-20-22(16-31-25(20)30-15-18)19-7-5-6-8-24(19)36-4/h8-13,16-19H,14-15H2,1-7H3,(H,34,35)(H2,33,36,40);5-10,13-16,28H,11-12H2,1-4H3,(H,30,31)(H2,29,32,35). The molecule has 0 atom stereocenters. The molecule has 20 nitrogen and oxygen atoms in total. The fourth-order valence-electron chi connectivity index (χ4n) is 8.41. The van der Waals surface area contributed by atoms with E-state index in [1.807, 2.05) is 92.2 Å². The Hall–Kier alpha value is -9.43. The number of benzene rings is 4. The number of nitrogens with one attached hydrogen (secondary N) is 7. The Morgan fingerprint density at radius 3 is 1.42 bits per heavy atom. The number of para-hydroxylation sites is 2. The molecule has 0 fully saturated rings. The van der Waals surface area contributed by atoms with E-state index in [2.05, 4.69) is 46.5 Å². The van der Waals surface area contributed by atoms with Gasteiger partial charge < -0.3 is 65.5 Å². The Morgan fingerprint density at radius 1 is 0.557 bits per heavy atom. The van der Waals surface area contributed by atoms with Crippen molar-refractivity contribution in [1.82, 2.24) is 50.6 Å². The lowest BCUT2D eigenvalue weighted by molar-refractivity contribution is 0.0301. The molecular weight excluding hydrogens is 1000 g/mol. The number of hydrogen-bond donors (Lipinski definition) is 7. The van der Waals surface area contributed by atoms with Crippen molar-refractivity contribution in [3.8, 4) is 56.0 Å². The Morgan fingerprint density at radius 2 is 1.00 bits per heavy atom. The van der Waals surface area contributed by atoms with Crippen molar-refractivity contribution in [3.63, 3.8) is 0 Å². The third-order valence-electron chi connectivity index (χ3n) is 12.4. The number of likely N-dealkylation sites (N-methyl/N-ethyl adjacent to an activating group) is 2. The predicted octanol–water partition coefficient (Wildman–Crippen LogP) is 9.54. The molecule has 4 aromatic carbocycles. The van der Waals surface area contributed by atoms with Gasteiger partial charge in [0, 0.05) is 130 Å². The maximum absolute atomic E-state index is 13.2. The zero-order valence-electron chi connectivity index (χ0n) is 46.4. The van der Waals surface area contributed by atoms with Crippen LogP contribution in [0.15, 0.2) is 122 Å². The second kappa shape index (κ2) is 25.6. The molecule has 79 heavy (non-hydrogen) atoms. The molecule has 7 amide bonds. The molecule has 8 rings (SSSR count). The van der Waals surface area contributed by atoms with Gasteiger partial charge in [-0.05, 0) is 87.5 Å².